The second kappa shape index (κ2) is 51.4. The first-order valence-corrected chi connectivity index (χ1v) is 30.6. The minimum Gasteiger partial charge on any atom is -0.479 e. The quantitative estimate of drug-likeness (QED) is 0.0228. The van der Waals surface area contributed by atoms with Crippen molar-refractivity contribution in [1.82, 2.24) is 0 Å². The molecule has 12 nitrogen and oxygen atoms in total. The number of carbonyl (C=O) groups excluding carboxylic acids is 3. The minimum absolute atomic E-state index is 0.0618. The molecule has 1 rings (SSSR count). The standard InChI is InChI=1S/C63H110O12/c1-4-7-10-13-16-19-22-24-26-28-30-32-35-37-40-43-46-49-55(64)71-52-54(73-56(65)50-47-44-41-39-36-33-31-29-27-25-23-20-17-14-11-8-5-2)53-72-63-61(59(68)58(67)60(75-63)62(69)70)74-57(66)51-48-45-42-38-34-21-18-15-12-9-6-3/h7,10,16,19,24,26,30,32,54,58-61,63,67-68H,4-6,8-9,11-15,17-18,20-23,25,27-29,31,33-53H2,1-3H3,(H,69,70)/b10-7-,19-16-,26-24-,32-30-. The number of esters is 3. The van der Waals surface area contributed by atoms with Crippen LogP contribution >= 0.6 is 0 Å². The van der Waals surface area contributed by atoms with Gasteiger partial charge in [-0.25, -0.2) is 4.79 Å². The molecule has 3 N–H and O–H groups in total. The number of ether oxygens (including phenoxy) is 5. The van der Waals surface area contributed by atoms with Gasteiger partial charge in [-0.05, 0) is 57.8 Å². The fourth-order valence-electron chi connectivity index (χ4n) is 9.24. The molecule has 0 amide bonds. The van der Waals surface area contributed by atoms with E-state index in [1.165, 1.54) is 122 Å². The number of hydrogen-bond acceptors (Lipinski definition) is 11. The second-order valence-corrected chi connectivity index (χ2v) is 21.0. The highest BCUT2D eigenvalue weighted by Crippen LogP contribution is 2.27. The van der Waals surface area contributed by atoms with Gasteiger partial charge in [0.15, 0.2) is 24.6 Å². The van der Waals surface area contributed by atoms with Crippen molar-refractivity contribution < 1.29 is 58.2 Å². The SMILES string of the molecule is CC/C=C\C/C=C\C/C=C\C/C=C\CCCCCCC(=O)OCC(COC1OC(C(=O)O)C(O)C(O)C1OC(=O)CCCCCCCCCCCCC)OC(=O)CCCCCCCCCCCCCCCCCCC. The molecule has 1 aliphatic rings. The topological polar surface area (TPSA) is 175 Å². The Morgan fingerprint density at radius 1 is 0.453 bits per heavy atom. The highest BCUT2D eigenvalue weighted by Gasteiger charge is 2.50. The Labute approximate surface area is 456 Å². The Morgan fingerprint density at radius 2 is 0.840 bits per heavy atom. The predicted molar refractivity (Wildman–Crippen MR) is 303 cm³/mol. The van der Waals surface area contributed by atoms with E-state index in [1.54, 1.807) is 0 Å². The molecule has 0 aromatic heterocycles. The highest BCUT2D eigenvalue weighted by molar-refractivity contribution is 5.74. The van der Waals surface area contributed by atoms with Crippen LogP contribution in [0.3, 0.4) is 0 Å². The van der Waals surface area contributed by atoms with Crippen LogP contribution in [-0.2, 0) is 42.9 Å². The van der Waals surface area contributed by atoms with Crippen LogP contribution < -0.4 is 0 Å². The van der Waals surface area contributed by atoms with Gasteiger partial charge in [-0.2, -0.15) is 0 Å². The molecular formula is C63H110O12. The van der Waals surface area contributed by atoms with Crippen LogP contribution in [0.2, 0.25) is 0 Å². The first-order valence-electron chi connectivity index (χ1n) is 30.6. The Kier molecular flexibility index (Phi) is 47.8. The number of rotatable bonds is 52. The van der Waals surface area contributed by atoms with Gasteiger partial charge in [0, 0.05) is 19.3 Å². The van der Waals surface area contributed by atoms with Gasteiger partial charge in [-0.3, -0.25) is 14.4 Å². The molecule has 0 bridgehead atoms. The number of carboxylic acid groups (broad SMARTS) is 1. The van der Waals surface area contributed by atoms with Crippen molar-refractivity contribution >= 4 is 23.9 Å². The number of carbonyl (C=O) groups is 4. The summed E-state index contributed by atoms with van der Waals surface area (Å²) in [6.07, 6.45) is 49.4. The van der Waals surface area contributed by atoms with Gasteiger partial charge < -0.3 is 39.0 Å². The Morgan fingerprint density at radius 3 is 1.28 bits per heavy atom. The number of aliphatic hydroxyl groups excluding tert-OH is 2. The number of unbranched alkanes of at least 4 members (excludes halogenated alkanes) is 30. The molecule has 6 unspecified atom stereocenters. The van der Waals surface area contributed by atoms with Crippen molar-refractivity contribution in [1.29, 1.82) is 0 Å². The molecule has 0 radical (unpaired) electrons. The van der Waals surface area contributed by atoms with Gasteiger partial charge in [-0.15, -0.1) is 0 Å². The summed E-state index contributed by atoms with van der Waals surface area (Å²) in [5, 5.41) is 31.5. The predicted octanol–water partition coefficient (Wildman–Crippen LogP) is 15.8. The average molecular weight is 1060 g/mol. The normalized spacial score (nSPS) is 18.4. The Hall–Kier alpha value is -3.32. The van der Waals surface area contributed by atoms with E-state index in [4.69, 9.17) is 23.7 Å². The Bertz CT molecular complexity index is 1490. The summed E-state index contributed by atoms with van der Waals surface area (Å²) in [6, 6.07) is 0. The molecule has 12 heteroatoms. The summed E-state index contributed by atoms with van der Waals surface area (Å²) in [4.78, 5) is 51.1. The lowest BCUT2D eigenvalue weighted by atomic mass is 9.98. The summed E-state index contributed by atoms with van der Waals surface area (Å²) in [7, 11) is 0. The van der Waals surface area contributed by atoms with Gasteiger partial charge in [-0.1, -0.05) is 249 Å². The van der Waals surface area contributed by atoms with Crippen LogP contribution in [0.5, 0.6) is 0 Å². The number of carboxylic acids is 1. The van der Waals surface area contributed by atoms with Gasteiger partial charge in [0.1, 0.15) is 18.8 Å². The molecule has 1 fully saturated rings. The maximum atomic E-state index is 13.2. The molecule has 1 heterocycles. The van der Waals surface area contributed by atoms with E-state index in [0.29, 0.717) is 19.3 Å². The third-order valence-electron chi connectivity index (χ3n) is 13.9. The van der Waals surface area contributed by atoms with E-state index in [0.717, 1.165) is 96.3 Å². The molecule has 1 aliphatic heterocycles. The highest BCUT2D eigenvalue weighted by atomic mass is 16.7. The van der Waals surface area contributed by atoms with E-state index in [1.807, 2.05) is 0 Å². The van der Waals surface area contributed by atoms with Gasteiger partial charge >= 0.3 is 23.9 Å². The number of aliphatic carboxylic acids is 1. The summed E-state index contributed by atoms with van der Waals surface area (Å²) >= 11 is 0. The first-order chi connectivity index (χ1) is 36.6. The lowest BCUT2D eigenvalue weighted by Gasteiger charge is -2.40. The van der Waals surface area contributed by atoms with Gasteiger partial charge in [0.05, 0.1) is 6.61 Å². The molecule has 434 valence electrons. The summed E-state index contributed by atoms with van der Waals surface area (Å²) in [5.41, 5.74) is 0. The molecular weight excluding hydrogens is 949 g/mol. The van der Waals surface area contributed by atoms with E-state index in [-0.39, 0.29) is 25.9 Å². The maximum Gasteiger partial charge on any atom is 0.335 e. The van der Waals surface area contributed by atoms with Crippen LogP contribution in [-0.4, -0.2) is 89.2 Å². The van der Waals surface area contributed by atoms with Crippen molar-refractivity contribution in [3.8, 4) is 0 Å². The number of aliphatic hydroxyl groups is 2. The van der Waals surface area contributed by atoms with Crippen molar-refractivity contribution in [2.24, 2.45) is 0 Å². The van der Waals surface area contributed by atoms with Gasteiger partial charge in [0.2, 0.25) is 0 Å². The lowest BCUT2D eigenvalue weighted by Crippen LogP contribution is -2.61. The molecule has 1 saturated heterocycles. The van der Waals surface area contributed by atoms with Crippen molar-refractivity contribution in [2.45, 2.75) is 314 Å². The molecule has 75 heavy (non-hydrogen) atoms. The largest absolute Gasteiger partial charge is 0.479 e. The minimum atomic E-state index is -1.90. The zero-order valence-electron chi connectivity index (χ0n) is 47.8. The monoisotopic (exact) mass is 1060 g/mol. The van der Waals surface area contributed by atoms with E-state index >= 15 is 0 Å². The van der Waals surface area contributed by atoms with E-state index < -0.39 is 67.3 Å². The smallest absolute Gasteiger partial charge is 0.335 e. The molecule has 0 aromatic rings. The van der Waals surface area contributed by atoms with Crippen molar-refractivity contribution in [3.63, 3.8) is 0 Å². The number of hydrogen-bond donors (Lipinski definition) is 3. The fourth-order valence-corrected chi connectivity index (χ4v) is 9.24. The lowest BCUT2D eigenvalue weighted by molar-refractivity contribution is -0.301. The van der Waals surface area contributed by atoms with Crippen LogP contribution in [0.25, 0.3) is 0 Å². The average Bonchev–Trinajstić information content (AvgIpc) is 3.39. The van der Waals surface area contributed by atoms with Crippen LogP contribution in [0, 0.1) is 0 Å². The maximum absolute atomic E-state index is 13.2. The zero-order chi connectivity index (χ0) is 54.7. The molecule has 0 spiro atoms. The second-order valence-electron chi connectivity index (χ2n) is 21.0. The first kappa shape index (κ1) is 69.7. The third kappa shape index (κ3) is 41.5. The molecule has 6 atom stereocenters. The molecule has 0 saturated carbocycles. The van der Waals surface area contributed by atoms with Crippen LogP contribution in [0.4, 0.5) is 0 Å². The fraction of sp³-hybridized carbons (Fsp3) is 0.810. The van der Waals surface area contributed by atoms with E-state index in [2.05, 4.69) is 69.4 Å². The van der Waals surface area contributed by atoms with Crippen molar-refractivity contribution in [3.05, 3.63) is 48.6 Å². The molecule has 0 aliphatic carbocycles. The van der Waals surface area contributed by atoms with Gasteiger partial charge in [0.25, 0.3) is 0 Å². The van der Waals surface area contributed by atoms with E-state index in [9.17, 15) is 34.5 Å². The third-order valence-corrected chi connectivity index (χ3v) is 13.9. The van der Waals surface area contributed by atoms with Crippen LogP contribution in [0.1, 0.15) is 278 Å². The summed E-state index contributed by atoms with van der Waals surface area (Å²) < 4.78 is 28.4. The molecule has 0 aromatic carbocycles. The zero-order valence-corrected chi connectivity index (χ0v) is 47.8. The number of allylic oxidation sites excluding steroid dienone is 8. The Balaban J connectivity index is 2.68. The summed E-state index contributed by atoms with van der Waals surface area (Å²) in [5.74, 6) is -3.13. The van der Waals surface area contributed by atoms with Crippen molar-refractivity contribution in [2.75, 3.05) is 13.2 Å². The van der Waals surface area contributed by atoms with Crippen LogP contribution in [0.15, 0.2) is 48.6 Å². The summed E-state index contributed by atoms with van der Waals surface area (Å²) in [6.45, 7) is 5.87.